The summed E-state index contributed by atoms with van der Waals surface area (Å²) in [6.45, 7) is 2.34. The molecule has 29 heavy (non-hydrogen) atoms. The Morgan fingerprint density at radius 3 is 2.83 bits per heavy atom. The largest absolute Gasteiger partial charge is 0.467 e. The van der Waals surface area contributed by atoms with Crippen LogP contribution in [0.25, 0.3) is 17.2 Å². The van der Waals surface area contributed by atoms with E-state index in [0.717, 1.165) is 24.9 Å². The summed E-state index contributed by atoms with van der Waals surface area (Å²) in [7, 11) is 1.53. The maximum absolute atomic E-state index is 6.08. The summed E-state index contributed by atoms with van der Waals surface area (Å²) in [5.41, 5.74) is 9.43. The fourth-order valence-corrected chi connectivity index (χ4v) is 4.71. The Morgan fingerprint density at radius 1 is 1.07 bits per heavy atom. The van der Waals surface area contributed by atoms with Gasteiger partial charge in [-0.1, -0.05) is 48.9 Å². The van der Waals surface area contributed by atoms with E-state index in [1.807, 2.05) is 0 Å². The molecule has 0 spiro atoms. The highest BCUT2D eigenvalue weighted by atomic mass is 35.5. The number of hydrogen-bond donors (Lipinski definition) is 1. The molecule has 0 bridgehead atoms. The van der Waals surface area contributed by atoms with Crippen LogP contribution in [0.15, 0.2) is 42.5 Å². The van der Waals surface area contributed by atoms with Crippen molar-refractivity contribution in [3.63, 3.8) is 0 Å². The van der Waals surface area contributed by atoms with E-state index in [1.54, 1.807) is 6.07 Å². The number of methoxy groups -OCH3 is 1. The number of rotatable bonds is 3. The van der Waals surface area contributed by atoms with Gasteiger partial charge in [-0.15, -0.1) is 0 Å². The highest BCUT2D eigenvalue weighted by Crippen LogP contribution is 2.42. The highest BCUT2D eigenvalue weighted by molar-refractivity contribution is 6.29. The SMILES string of the molecule is COc1nc(Cl)cc(Nc2ccc3c(c2)-c2ccc4c(c2CC3)[C@H](C)CC=C4)n1. The van der Waals surface area contributed by atoms with Gasteiger partial charge in [-0.3, -0.25) is 0 Å². The van der Waals surface area contributed by atoms with Crippen molar-refractivity contribution in [3.8, 4) is 17.1 Å². The minimum Gasteiger partial charge on any atom is -0.467 e. The van der Waals surface area contributed by atoms with E-state index < -0.39 is 0 Å². The van der Waals surface area contributed by atoms with Gasteiger partial charge in [0.1, 0.15) is 11.0 Å². The fourth-order valence-electron chi connectivity index (χ4n) is 4.53. The first kappa shape index (κ1) is 18.2. The quantitative estimate of drug-likeness (QED) is 0.531. The summed E-state index contributed by atoms with van der Waals surface area (Å²) in [5.74, 6) is 1.19. The van der Waals surface area contributed by atoms with Gasteiger partial charge >= 0.3 is 6.01 Å². The van der Waals surface area contributed by atoms with E-state index in [9.17, 15) is 0 Å². The number of anilines is 2. The van der Waals surface area contributed by atoms with Gasteiger partial charge in [-0.05, 0) is 70.7 Å². The summed E-state index contributed by atoms with van der Waals surface area (Å²) in [6.07, 6.45) is 7.86. The molecule has 1 aromatic heterocycles. The minimum atomic E-state index is 0.247. The van der Waals surface area contributed by atoms with Gasteiger partial charge in [0.15, 0.2) is 0 Å². The molecule has 0 radical (unpaired) electrons. The fraction of sp³-hybridized carbons (Fsp3) is 0.250. The molecule has 0 aliphatic heterocycles. The van der Waals surface area contributed by atoms with Crippen LogP contribution in [0, 0.1) is 0 Å². The van der Waals surface area contributed by atoms with Gasteiger partial charge in [0.05, 0.1) is 7.11 Å². The van der Waals surface area contributed by atoms with Crippen molar-refractivity contribution in [2.45, 2.75) is 32.1 Å². The zero-order valence-corrected chi connectivity index (χ0v) is 17.3. The number of aryl methyl sites for hydroxylation is 1. The van der Waals surface area contributed by atoms with E-state index in [1.165, 1.54) is 40.5 Å². The first-order valence-corrected chi connectivity index (χ1v) is 10.3. The molecule has 0 unspecified atom stereocenters. The number of aromatic nitrogens is 2. The molecule has 1 atom stereocenters. The van der Waals surface area contributed by atoms with Crippen LogP contribution in [-0.2, 0) is 12.8 Å². The Hall–Kier alpha value is -2.85. The molecule has 2 aliphatic rings. The number of ether oxygens (including phenoxy) is 1. The molecule has 2 aliphatic carbocycles. The third kappa shape index (κ3) is 3.28. The molecular weight excluding hydrogens is 382 g/mol. The lowest BCUT2D eigenvalue weighted by Gasteiger charge is -2.28. The maximum Gasteiger partial charge on any atom is 0.319 e. The average molecular weight is 404 g/mol. The number of allylic oxidation sites excluding steroid dienone is 1. The van der Waals surface area contributed by atoms with Crippen molar-refractivity contribution in [3.05, 3.63) is 69.9 Å². The predicted molar refractivity (Wildman–Crippen MR) is 118 cm³/mol. The molecule has 0 fully saturated rings. The van der Waals surface area contributed by atoms with E-state index in [2.05, 4.69) is 64.7 Å². The van der Waals surface area contributed by atoms with Crippen molar-refractivity contribution in [1.29, 1.82) is 0 Å². The Bertz CT molecular complexity index is 1140. The minimum absolute atomic E-state index is 0.247. The van der Waals surface area contributed by atoms with Crippen molar-refractivity contribution in [1.82, 2.24) is 9.97 Å². The molecular formula is C24H22ClN3O. The summed E-state index contributed by atoms with van der Waals surface area (Å²) < 4.78 is 5.12. The normalized spacial score (nSPS) is 16.6. The van der Waals surface area contributed by atoms with Crippen molar-refractivity contribution < 1.29 is 4.74 Å². The zero-order valence-electron chi connectivity index (χ0n) is 16.5. The molecule has 5 rings (SSSR count). The van der Waals surface area contributed by atoms with Crippen molar-refractivity contribution in [2.75, 3.05) is 12.4 Å². The molecule has 3 aromatic rings. The lowest BCUT2D eigenvalue weighted by atomic mass is 9.76. The average Bonchev–Trinajstić information content (AvgIpc) is 2.73. The Labute approximate surface area is 175 Å². The monoisotopic (exact) mass is 403 g/mol. The third-order valence-electron chi connectivity index (χ3n) is 5.84. The number of hydrogen-bond acceptors (Lipinski definition) is 4. The van der Waals surface area contributed by atoms with E-state index >= 15 is 0 Å². The second kappa shape index (κ2) is 7.20. The molecule has 5 heteroatoms. The van der Waals surface area contributed by atoms with Gasteiger partial charge in [-0.2, -0.15) is 9.97 Å². The number of halogens is 1. The van der Waals surface area contributed by atoms with Crippen LogP contribution in [0.3, 0.4) is 0 Å². The smallest absolute Gasteiger partial charge is 0.319 e. The molecule has 4 nitrogen and oxygen atoms in total. The molecule has 1 N–H and O–H groups in total. The Morgan fingerprint density at radius 2 is 1.97 bits per heavy atom. The lowest BCUT2D eigenvalue weighted by Crippen LogP contribution is -2.12. The first-order valence-electron chi connectivity index (χ1n) is 9.93. The summed E-state index contributed by atoms with van der Waals surface area (Å²) in [6, 6.07) is 13.0. The second-order valence-electron chi connectivity index (χ2n) is 7.69. The number of benzene rings is 2. The number of fused-ring (bicyclic) bond motifs is 5. The molecule has 0 saturated carbocycles. The van der Waals surface area contributed by atoms with Crippen molar-refractivity contribution >= 4 is 29.2 Å². The number of nitrogens with zero attached hydrogens (tertiary/aromatic N) is 2. The van der Waals surface area contributed by atoms with Gasteiger partial charge in [0.2, 0.25) is 0 Å². The van der Waals surface area contributed by atoms with Crippen LogP contribution in [0.1, 0.15) is 41.5 Å². The van der Waals surface area contributed by atoms with Crippen molar-refractivity contribution in [2.24, 2.45) is 0 Å². The third-order valence-corrected chi connectivity index (χ3v) is 6.04. The van der Waals surface area contributed by atoms with Gasteiger partial charge < -0.3 is 10.1 Å². The molecule has 0 amide bonds. The molecule has 2 aromatic carbocycles. The van der Waals surface area contributed by atoms with Crippen LogP contribution in [-0.4, -0.2) is 17.1 Å². The van der Waals surface area contributed by atoms with E-state index in [4.69, 9.17) is 16.3 Å². The molecule has 146 valence electrons. The topological polar surface area (TPSA) is 47.0 Å². The van der Waals surface area contributed by atoms with Gasteiger partial charge in [-0.25, -0.2) is 0 Å². The molecule has 0 saturated heterocycles. The van der Waals surface area contributed by atoms with E-state index in [-0.39, 0.29) is 6.01 Å². The standard InChI is InChI=1S/C24H22ClN3O/c1-14-4-3-5-16-8-10-18-19(23(14)16)11-7-15-6-9-17(12-20(15)18)26-22-13-21(25)27-24(28-22)29-2/h3,5-6,8-10,12-14H,4,7,11H2,1-2H3,(H,26,27,28)/t14-/m1/s1. The van der Waals surface area contributed by atoms with Crippen LogP contribution < -0.4 is 10.1 Å². The summed E-state index contributed by atoms with van der Waals surface area (Å²) >= 11 is 6.08. The number of nitrogens with one attached hydrogen (secondary N) is 1. The predicted octanol–water partition coefficient (Wildman–Crippen LogP) is 6.17. The first-order chi connectivity index (χ1) is 14.1. The van der Waals surface area contributed by atoms with Crippen LogP contribution in [0.4, 0.5) is 11.5 Å². The maximum atomic E-state index is 6.08. The zero-order chi connectivity index (χ0) is 20.0. The van der Waals surface area contributed by atoms with Crippen LogP contribution in [0.5, 0.6) is 6.01 Å². The van der Waals surface area contributed by atoms with Crippen LogP contribution >= 0.6 is 11.6 Å². The second-order valence-corrected chi connectivity index (χ2v) is 8.08. The summed E-state index contributed by atoms with van der Waals surface area (Å²) in [4.78, 5) is 8.36. The van der Waals surface area contributed by atoms with E-state index in [0.29, 0.717) is 16.9 Å². The Balaban J connectivity index is 1.56. The van der Waals surface area contributed by atoms with Crippen LogP contribution in [0.2, 0.25) is 5.15 Å². The molecule has 1 heterocycles. The summed E-state index contributed by atoms with van der Waals surface area (Å²) in [5, 5.41) is 3.69. The van der Waals surface area contributed by atoms with Gasteiger partial charge in [0, 0.05) is 11.8 Å². The van der Waals surface area contributed by atoms with Gasteiger partial charge in [0.25, 0.3) is 0 Å². The Kier molecular flexibility index (Phi) is 4.51. The lowest BCUT2D eigenvalue weighted by molar-refractivity contribution is 0.380. The highest BCUT2D eigenvalue weighted by Gasteiger charge is 2.24.